The molecule has 3 aliphatic rings. The van der Waals surface area contributed by atoms with Crippen LogP contribution in [0.5, 0.6) is 5.75 Å². The van der Waals surface area contributed by atoms with Gasteiger partial charge in [-0.2, -0.15) is 13.2 Å². The lowest BCUT2D eigenvalue weighted by molar-refractivity contribution is -0.136. The van der Waals surface area contributed by atoms with Crippen LogP contribution in [0.15, 0.2) is 41.6 Å². The van der Waals surface area contributed by atoms with E-state index in [1.54, 1.807) is 28.3 Å². The number of pyridine rings is 1. The van der Waals surface area contributed by atoms with Crippen molar-refractivity contribution in [1.82, 2.24) is 19.4 Å². The smallest absolute Gasteiger partial charge is 0.418 e. The average molecular weight is 487 g/mol. The highest BCUT2D eigenvalue weighted by atomic mass is 19.4. The lowest BCUT2D eigenvalue weighted by atomic mass is 9.80. The lowest BCUT2D eigenvalue weighted by Crippen LogP contribution is -2.51. The quantitative estimate of drug-likeness (QED) is 0.569. The van der Waals surface area contributed by atoms with Gasteiger partial charge in [-0.15, -0.1) is 0 Å². The normalized spacial score (nSPS) is 27.2. The van der Waals surface area contributed by atoms with Crippen molar-refractivity contribution in [3.63, 3.8) is 0 Å². The highest BCUT2D eigenvalue weighted by Gasteiger charge is 2.65. The molecule has 1 saturated heterocycles. The molecule has 2 aliphatic carbocycles. The summed E-state index contributed by atoms with van der Waals surface area (Å²) in [7, 11) is 1.76. The van der Waals surface area contributed by atoms with Crippen LogP contribution in [0, 0.1) is 0 Å². The molecule has 0 amide bonds. The van der Waals surface area contributed by atoms with Gasteiger partial charge < -0.3 is 19.2 Å². The predicted octanol–water partition coefficient (Wildman–Crippen LogP) is 4.92. The van der Waals surface area contributed by atoms with Crippen molar-refractivity contribution in [2.24, 2.45) is 7.05 Å². The van der Waals surface area contributed by atoms with Crippen LogP contribution in [-0.4, -0.2) is 31.3 Å². The van der Waals surface area contributed by atoms with E-state index >= 15 is 0 Å². The van der Waals surface area contributed by atoms with E-state index < -0.39 is 11.7 Å². The molecule has 1 aromatic carbocycles. The maximum atomic E-state index is 14.0. The summed E-state index contributed by atoms with van der Waals surface area (Å²) in [6.45, 7) is 3.67. The Morgan fingerprint density at radius 2 is 1.94 bits per heavy atom. The summed E-state index contributed by atoms with van der Waals surface area (Å²) >= 11 is 0. The summed E-state index contributed by atoms with van der Waals surface area (Å²) in [5.41, 5.74) is 0.548. The number of fused-ring (bicyclic) bond motifs is 1. The Morgan fingerprint density at radius 1 is 1.17 bits per heavy atom. The second kappa shape index (κ2) is 7.35. The lowest BCUT2D eigenvalue weighted by Gasteiger charge is -2.38. The molecule has 3 atom stereocenters. The molecule has 3 aromatic rings. The predicted molar refractivity (Wildman–Crippen MR) is 126 cm³/mol. The second-order valence-corrected chi connectivity index (χ2v) is 11.0. The summed E-state index contributed by atoms with van der Waals surface area (Å²) < 4.78 is 51.4. The standard InChI is InChI=1S/C26H29F3N4O2/c1-15(2)33-14-30-20-9-18(8-19(23(20)33)26(27,28)29)35-21-12-25(21)11-17(10-24(31-25)6-7-24)16-4-5-22(34)32(3)13-16/h4-5,8-9,13-15,17,21,31H,6-7,10-12H2,1-3H3/t17?,21-,25+/m1/s1. The number of alkyl halides is 3. The Bertz CT molecular complexity index is 1370. The third-order valence-electron chi connectivity index (χ3n) is 7.98. The van der Waals surface area contributed by atoms with Gasteiger partial charge in [0.05, 0.1) is 28.5 Å². The molecule has 2 saturated carbocycles. The average Bonchev–Trinajstić information content (AvgIpc) is 3.61. The Balaban J connectivity index is 1.29. The van der Waals surface area contributed by atoms with E-state index in [4.69, 9.17) is 4.74 Å². The van der Waals surface area contributed by atoms with Crippen LogP contribution in [0.3, 0.4) is 0 Å². The summed E-state index contributed by atoms with van der Waals surface area (Å²) in [5.74, 6) is 0.477. The number of imidazole rings is 1. The fourth-order valence-corrected chi connectivity index (χ4v) is 5.94. The zero-order valence-corrected chi connectivity index (χ0v) is 20.0. The largest absolute Gasteiger partial charge is 0.488 e. The van der Waals surface area contributed by atoms with Gasteiger partial charge >= 0.3 is 6.18 Å². The van der Waals surface area contributed by atoms with Gasteiger partial charge in [0, 0.05) is 43.4 Å². The van der Waals surface area contributed by atoms with Crippen molar-refractivity contribution in [2.75, 3.05) is 0 Å². The van der Waals surface area contributed by atoms with Crippen molar-refractivity contribution < 1.29 is 17.9 Å². The topological polar surface area (TPSA) is 61.1 Å². The number of benzene rings is 1. The van der Waals surface area contributed by atoms with Crippen LogP contribution in [0.2, 0.25) is 0 Å². The monoisotopic (exact) mass is 486 g/mol. The molecule has 2 aromatic heterocycles. The fraction of sp³-hybridized carbons (Fsp3) is 0.538. The molecular weight excluding hydrogens is 457 g/mol. The van der Waals surface area contributed by atoms with Gasteiger partial charge in [-0.05, 0) is 57.1 Å². The first kappa shape index (κ1) is 22.6. The maximum absolute atomic E-state index is 14.0. The minimum absolute atomic E-state index is 0.0399. The molecule has 9 heteroatoms. The third kappa shape index (κ3) is 3.84. The van der Waals surface area contributed by atoms with Gasteiger partial charge in [0.25, 0.3) is 0 Å². The van der Waals surface area contributed by atoms with Crippen LogP contribution in [0.4, 0.5) is 13.2 Å². The zero-order valence-electron chi connectivity index (χ0n) is 20.0. The molecule has 6 nitrogen and oxygen atoms in total. The summed E-state index contributed by atoms with van der Waals surface area (Å²) in [4.78, 5) is 16.1. The molecule has 6 rings (SSSR count). The number of aromatic nitrogens is 3. The number of piperidine rings is 1. The second-order valence-electron chi connectivity index (χ2n) is 11.0. The van der Waals surface area contributed by atoms with E-state index in [9.17, 15) is 18.0 Å². The van der Waals surface area contributed by atoms with Crippen LogP contribution >= 0.6 is 0 Å². The Kier molecular flexibility index (Phi) is 4.75. The molecule has 0 radical (unpaired) electrons. The van der Waals surface area contributed by atoms with E-state index in [-0.39, 0.29) is 51.5 Å². The number of rotatable bonds is 4. The molecule has 35 heavy (non-hydrogen) atoms. The number of ether oxygens (including phenoxy) is 1. The molecule has 1 unspecified atom stereocenters. The molecule has 3 fully saturated rings. The third-order valence-corrected chi connectivity index (χ3v) is 7.98. The first-order valence-corrected chi connectivity index (χ1v) is 12.2. The number of nitrogens with zero attached hydrogens (tertiary/aromatic N) is 3. The number of hydrogen-bond acceptors (Lipinski definition) is 4. The highest BCUT2D eigenvalue weighted by molar-refractivity contribution is 5.81. The van der Waals surface area contributed by atoms with Gasteiger partial charge in [-0.3, -0.25) is 4.79 Å². The van der Waals surface area contributed by atoms with Crippen molar-refractivity contribution in [1.29, 1.82) is 0 Å². The number of halogens is 3. The van der Waals surface area contributed by atoms with Crippen LogP contribution in [0.25, 0.3) is 11.0 Å². The molecule has 0 bridgehead atoms. The maximum Gasteiger partial charge on any atom is 0.418 e. The van der Waals surface area contributed by atoms with Crippen molar-refractivity contribution in [3.05, 3.63) is 58.3 Å². The van der Waals surface area contributed by atoms with Gasteiger partial charge in [0.2, 0.25) is 5.56 Å². The summed E-state index contributed by atoms with van der Waals surface area (Å²) in [6, 6.07) is 6.11. The van der Waals surface area contributed by atoms with Gasteiger partial charge in [0.15, 0.2) is 0 Å². The van der Waals surface area contributed by atoms with Gasteiger partial charge in [-0.25, -0.2) is 4.98 Å². The summed E-state index contributed by atoms with van der Waals surface area (Å²) in [5, 5.41) is 3.82. The molecule has 186 valence electrons. The summed E-state index contributed by atoms with van der Waals surface area (Å²) in [6.07, 6.45) is 3.39. The minimum atomic E-state index is -4.51. The highest BCUT2D eigenvalue weighted by Crippen LogP contribution is 2.58. The molecule has 3 heterocycles. The van der Waals surface area contributed by atoms with Gasteiger partial charge in [-0.1, -0.05) is 6.07 Å². The van der Waals surface area contributed by atoms with E-state index in [2.05, 4.69) is 10.3 Å². The van der Waals surface area contributed by atoms with Gasteiger partial charge in [0.1, 0.15) is 11.9 Å². The molecule has 1 aliphatic heterocycles. The van der Waals surface area contributed by atoms with Crippen LogP contribution < -0.4 is 15.6 Å². The van der Waals surface area contributed by atoms with Crippen molar-refractivity contribution >= 4 is 11.0 Å². The minimum Gasteiger partial charge on any atom is -0.488 e. The Labute approximate surface area is 201 Å². The first-order valence-electron chi connectivity index (χ1n) is 12.2. The number of nitrogens with one attached hydrogen (secondary N) is 1. The first-order chi connectivity index (χ1) is 16.5. The zero-order chi connectivity index (χ0) is 24.8. The van der Waals surface area contributed by atoms with E-state index in [1.807, 2.05) is 26.1 Å². The van der Waals surface area contributed by atoms with Crippen LogP contribution in [-0.2, 0) is 13.2 Å². The molecular formula is C26H29F3N4O2. The van der Waals surface area contributed by atoms with E-state index in [0.717, 1.165) is 43.7 Å². The fourth-order valence-electron chi connectivity index (χ4n) is 5.94. The van der Waals surface area contributed by atoms with E-state index in [0.29, 0.717) is 0 Å². The molecule has 2 spiro atoms. The van der Waals surface area contributed by atoms with E-state index in [1.165, 1.54) is 6.33 Å². The number of hydrogen-bond donors (Lipinski definition) is 1. The van der Waals surface area contributed by atoms with Crippen molar-refractivity contribution in [2.45, 2.75) is 81.3 Å². The Hall–Kier alpha value is -2.81. The van der Waals surface area contributed by atoms with Crippen molar-refractivity contribution in [3.8, 4) is 5.75 Å². The van der Waals surface area contributed by atoms with Crippen LogP contribution in [0.1, 0.15) is 69.0 Å². The molecule has 1 N–H and O–H groups in total. The Morgan fingerprint density at radius 3 is 2.60 bits per heavy atom. The number of aryl methyl sites for hydroxylation is 1. The SMILES string of the molecule is CC(C)n1cnc2cc(O[C@@H]3C[C@@]34CC(c3ccc(=O)n(C)c3)CC3(CC3)N4)cc(C(F)(F)F)c21.